The van der Waals surface area contributed by atoms with Crippen LogP contribution in [0.5, 0.6) is 0 Å². The van der Waals surface area contributed by atoms with Gasteiger partial charge in [0.05, 0.1) is 19.3 Å². The van der Waals surface area contributed by atoms with E-state index in [1.54, 1.807) is 4.90 Å². The van der Waals surface area contributed by atoms with Crippen LogP contribution in [0.15, 0.2) is 0 Å². The van der Waals surface area contributed by atoms with Crippen molar-refractivity contribution in [1.82, 2.24) is 9.80 Å². The van der Waals surface area contributed by atoms with Crippen LogP contribution in [0.1, 0.15) is 57.8 Å². The Morgan fingerprint density at radius 2 is 1.76 bits per heavy atom. The maximum atomic E-state index is 13.6. The minimum Gasteiger partial charge on any atom is -0.378 e. The molecule has 7 nitrogen and oxygen atoms in total. The molecule has 1 saturated carbocycles. The molecule has 4 aliphatic rings. The number of carbonyl (C=O) groups excluding carboxylic acids is 3. The highest BCUT2D eigenvalue weighted by atomic mass is 16.5. The Morgan fingerprint density at radius 3 is 2.52 bits per heavy atom. The number of fused-ring (bicyclic) bond motifs is 1. The van der Waals surface area contributed by atoms with Crippen molar-refractivity contribution < 1.29 is 23.9 Å². The summed E-state index contributed by atoms with van der Waals surface area (Å²) in [5.41, 5.74) is 0. The lowest BCUT2D eigenvalue weighted by molar-refractivity contribution is -0.149. The van der Waals surface area contributed by atoms with Gasteiger partial charge in [0.1, 0.15) is 12.6 Å². The number of amides is 2. The number of carbonyl (C=O) groups is 3. The monoisotopic (exact) mass is 406 g/mol. The van der Waals surface area contributed by atoms with Gasteiger partial charge in [0.2, 0.25) is 11.8 Å². The summed E-state index contributed by atoms with van der Waals surface area (Å²) in [5, 5.41) is 0. The second-order valence-corrected chi connectivity index (χ2v) is 9.07. The molecule has 29 heavy (non-hydrogen) atoms. The molecule has 0 spiro atoms. The SMILES string of the molecule is O=C1COC2CCCN(C(=O)C(CC(=O)N3CCOCC3)CC3CCCCC3)C12. The number of ketones is 1. The molecule has 2 amide bonds. The Bertz CT molecular complexity index is 612. The fraction of sp³-hybridized carbons (Fsp3) is 0.864. The minimum absolute atomic E-state index is 0.00858. The Balaban J connectivity index is 1.47. The van der Waals surface area contributed by atoms with Crippen LogP contribution < -0.4 is 0 Å². The molecule has 0 aromatic carbocycles. The molecule has 3 heterocycles. The van der Waals surface area contributed by atoms with E-state index in [4.69, 9.17) is 9.47 Å². The summed E-state index contributed by atoms with van der Waals surface area (Å²) in [4.78, 5) is 42.5. The third kappa shape index (κ3) is 4.82. The fourth-order valence-electron chi connectivity index (χ4n) is 5.52. The third-order valence-electron chi connectivity index (χ3n) is 7.10. The quantitative estimate of drug-likeness (QED) is 0.696. The maximum absolute atomic E-state index is 13.6. The molecular weight excluding hydrogens is 372 g/mol. The van der Waals surface area contributed by atoms with Crippen LogP contribution in [0, 0.1) is 11.8 Å². The van der Waals surface area contributed by atoms with Gasteiger partial charge < -0.3 is 19.3 Å². The lowest BCUT2D eigenvalue weighted by Crippen LogP contribution is -2.54. The summed E-state index contributed by atoms with van der Waals surface area (Å²) >= 11 is 0. The summed E-state index contributed by atoms with van der Waals surface area (Å²) in [7, 11) is 0. The molecule has 3 saturated heterocycles. The Morgan fingerprint density at radius 1 is 1.00 bits per heavy atom. The van der Waals surface area contributed by atoms with Crippen molar-refractivity contribution in [3.63, 3.8) is 0 Å². The van der Waals surface area contributed by atoms with E-state index in [-0.39, 0.29) is 42.6 Å². The highest BCUT2D eigenvalue weighted by Gasteiger charge is 2.46. The Kier molecular flexibility index (Phi) is 6.85. The van der Waals surface area contributed by atoms with Gasteiger partial charge in [-0.25, -0.2) is 0 Å². The van der Waals surface area contributed by atoms with Gasteiger partial charge in [-0.15, -0.1) is 0 Å². The molecule has 3 aliphatic heterocycles. The number of nitrogens with zero attached hydrogens (tertiary/aromatic N) is 2. The predicted octanol–water partition coefficient (Wildman–Crippen LogP) is 1.78. The van der Waals surface area contributed by atoms with Gasteiger partial charge in [-0.2, -0.15) is 0 Å². The second-order valence-electron chi connectivity index (χ2n) is 9.07. The first-order valence-corrected chi connectivity index (χ1v) is 11.4. The number of Topliss-reactive ketones (excluding diaryl/α,β-unsaturated/α-hetero) is 1. The van der Waals surface area contributed by atoms with Crippen molar-refractivity contribution in [2.75, 3.05) is 39.5 Å². The zero-order chi connectivity index (χ0) is 20.2. The number of likely N-dealkylation sites (tertiary alicyclic amines) is 1. The van der Waals surface area contributed by atoms with Gasteiger partial charge in [0.15, 0.2) is 5.78 Å². The largest absolute Gasteiger partial charge is 0.378 e. The minimum atomic E-state index is -0.441. The number of morpholine rings is 1. The first-order chi connectivity index (χ1) is 14.1. The van der Waals surface area contributed by atoms with E-state index in [0.29, 0.717) is 38.8 Å². The first-order valence-electron chi connectivity index (χ1n) is 11.4. The van der Waals surface area contributed by atoms with E-state index < -0.39 is 6.04 Å². The number of hydrogen-bond donors (Lipinski definition) is 0. The number of rotatable bonds is 5. The molecule has 0 aromatic heterocycles. The van der Waals surface area contributed by atoms with Crippen molar-refractivity contribution in [2.45, 2.75) is 69.9 Å². The van der Waals surface area contributed by atoms with Gasteiger partial charge in [-0.05, 0) is 25.2 Å². The van der Waals surface area contributed by atoms with E-state index in [1.807, 2.05) is 4.90 Å². The van der Waals surface area contributed by atoms with Crippen LogP contribution in [0.4, 0.5) is 0 Å². The van der Waals surface area contributed by atoms with Crippen molar-refractivity contribution in [3.05, 3.63) is 0 Å². The molecule has 1 aliphatic carbocycles. The van der Waals surface area contributed by atoms with E-state index in [1.165, 1.54) is 19.3 Å². The summed E-state index contributed by atoms with van der Waals surface area (Å²) in [6.07, 6.45) is 8.51. The van der Waals surface area contributed by atoms with Crippen molar-refractivity contribution >= 4 is 17.6 Å². The molecule has 3 unspecified atom stereocenters. The van der Waals surface area contributed by atoms with Crippen LogP contribution in [-0.4, -0.2) is 79.0 Å². The van der Waals surface area contributed by atoms with Crippen molar-refractivity contribution in [1.29, 1.82) is 0 Å². The fourth-order valence-corrected chi connectivity index (χ4v) is 5.52. The van der Waals surface area contributed by atoms with E-state index >= 15 is 0 Å². The van der Waals surface area contributed by atoms with E-state index in [2.05, 4.69) is 0 Å². The Hall–Kier alpha value is -1.47. The molecule has 7 heteroatoms. The predicted molar refractivity (Wildman–Crippen MR) is 106 cm³/mol. The molecule has 0 aromatic rings. The molecule has 162 valence electrons. The van der Waals surface area contributed by atoms with Crippen LogP contribution in [0.2, 0.25) is 0 Å². The van der Waals surface area contributed by atoms with Crippen LogP contribution >= 0.6 is 0 Å². The Labute approximate surface area is 173 Å². The van der Waals surface area contributed by atoms with Crippen molar-refractivity contribution in [2.24, 2.45) is 11.8 Å². The average molecular weight is 407 g/mol. The molecule has 0 radical (unpaired) electrons. The summed E-state index contributed by atoms with van der Waals surface area (Å²) in [6, 6.07) is -0.441. The van der Waals surface area contributed by atoms with E-state index in [9.17, 15) is 14.4 Å². The second kappa shape index (κ2) is 9.56. The number of ether oxygens (including phenoxy) is 2. The number of piperidine rings is 1. The van der Waals surface area contributed by atoms with Gasteiger partial charge in [-0.3, -0.25) is 14.4 Å². The standard InChI is InChI=1S/C22H34N2O5/c25-18-15-29-19-7-4-8-24(21(18)19)22(27)17(13-16-5-2-1-3-6-16)14-20(26)23-9-11-28-12-10-23/h16-17,19,21H,1-15H2. The summed E-state index contributed by atoms with van der Waals surface area (Å²) in [5.74, 6) is 0.224. The van der Waals surface area contributed by atoms with E-state index in [0.717, 1.165) is 32.1 Å². The zero-order valence-electron chi connectivity index (χ0n) is 17.4. The smallest absolute Gasteiger partial charge is 0.226 e. The zero-order valence-corrected chi connectivity index (χ0v) is 17.4. The summed E-state index contributed by atoms with van der Waals surface area (Å²) < 4.78 is 11.0. The normalized spacial score (nSPS) is 29.6. The molecule has 0 N–H and O–H groups in total. The topological polar surface area (TPSA) is 76.2 Å². The van der Waals surface area contributed by atoms with Gasteiger partial charge >= 0.3 is 0 Å². The summed E-state index contributed by atoms with van der Waals surface area (Å²) in [6.45, 7) is 3.04. The van der Waals surface area contributed by atoms with Crippen LogP contribution in [-0.2, 0) is 23.9 Å². The maximum Gasteiger partial charge on any atom is 0.226 e. The van der Waals surface area contributed by atoms with Gasteiger partial charge in [0, 0.05) is 32.0 Å². The molecule has 4 fully saturated rings. The lowest BCUT2D eigenvalue weighted by Gasteiger charge is -2.38. The molecule has 3 atom stereocenters. The molecular formula is C22H34N2O5. The first kappa shape index (κ1) is 20.8. The third-order valence-corrected chi connectivity index (χ3v) is 7.10. The lowest BCUT2D eigenvalue weighted by atomic mass is 9.80. The molecule has 4 rings (SSSR count). The van der Waals surface area contributed by atoms with Crippen molar-refractivity contribution in [3.8, 4) is 0 Å². The van der Waals surface area contributed by atoms with Gasteiger partial charge in [-0.1, -0.05) is 32.1 Å². The molecule has 0 bridgehead atoms. The highest BCUT2D eigenvalue weighted by molar-refractivity contribution is 5.93. The van der Waals surface area contributed by atoms with Crippen LogP contribution in [0.3, 0.4) is 0 Å². The average Bonchev–Trinajstić information content (AvgIpc) is 3.15. The number of hydrogen-bond acceptors (Lipinski definition) is 5. The van der Waals surface area contributed by atoms with Gasteiger partial charge in [0.25, 0.3) is 0 Å². The highest BCUT2D eigenvalue weighted by Crippen LogP contribution is 2.34. The van der Waals surface area contributed by atoms with Crippen LogP contribution in [0.25, 0.3) is 0 Å².